The summed E-state index contributed by atoms with van der Waals surface area (Å²) in [6, 6.07) is 9.20. The second kappa shape index (κ2) is 23.1. The molecule has 2 atom stereocenters. The number of carbonyl (C=O) groups excluding carboxylic acids is 3. The van der Waals surface area contributed by atoms with Crippen LogP contribution >= 0.6 is 0 Å². The van der Waals surface area contributed by atoms with Crippen molar-refractivity contribution in [2.45, 2.75) is 97.9 Å². The van der Waals surface area contributed by atoms with Crippen molar-refractivity contribution in [2.75, 3.05) is 102 Å². The summed E-state index contributed by atoms with van der Waals surface area (Å²) >= 11 is 0. The van der Waals surface area contributed by atoms with E-state index < -0.39 is 29.7 Å². The first-order valence-corrected chi connectivity index (χ1v) is 21.6. The topological polar surface area (TPSA) is 135 Å². The summed E-state index contributed by atoms with van der Waals surface area (Å²) in [7, 11) is 0. The fraction of sp³-hybridized carbons (Fsp3) is 0.659. The number of aldehydes is 1. The lowest BCUT2D eigenvalue weighted by Crippen LogP contribution is -2.54. The summed E-state index contributed by atoms with van der Waals surface area (Å²) in [6.45, 7) is 23.8. The molecule has 2 aromatic rings. The van der Waals surface area contributed by atoms with Crippen LogP contribution in [0, 0.1) is 0 Å². The maximum Gasteiger partial charge on any atom is 0.573 e. The Bertz CT molecular complexity index is 1850. The highest BCUT2D eigenvalue weighted by Crippen LogP contribution is 2.33. The maximum absolute atomic E-state index is 13.1. The van der Waals surface area contributed by atoms with Gasteiger partial charge in [-0.2, -0.15) is 0 Å². The van der Waals surface area contributed by atoms with E-state index in [4.69, 9.17) is 18.9 Å². The minimum atomic E-state index is -4.82. The van der Waals surface area contributed by atoms with E-state index in [1.54, 1.807) is 21.9 Å². The van der Waals surface area contributed by atoms with Gasteiger partial charge in [-0.3, -0.25) is 9.69 Å². The van der Waals surface area contributed by atoms with Crippen molar-refractivity contribution >= 4 is 29.8 Å². The number of carbonyl (C=O) groups is 3. The third kappa shape index (κ3) is 18.2. The monoisotopic (exact) mass is 934 g/mol. The number of rotatable bonds is 7. The van der Waals surface area contributed by atoms with Crippen molar-refractivity contribution < 1.29 is 69.1 Å². The normalized spacial score (nSPS) is 20.1. The number of anilines is 2. The molecule has 4 heterocycles. The van der Waals surface area contributed by atoms with Crippen LogP contribution in [0.15, 0.2) is 36.4 Å². The predicted octanol–water partition coefficient (Wildman–Crippen LogP) is 7.31. The molecule has 0 aliphatic carbocycles. The highest BCUT2D eigenvalue weighted by molar-refractivity contribution is 5.81. The van der Waals surface area contributed by atoms with Crippen LogP contribution in [-0.4, -0.2) is 161 Å². The molecule has 4 saturated heterocycles. The molecule has 0 aromatic heterocycles. The van der Waals surface area contributed by atoms with Gasteiger partial charge in [0.15, 0.2) is 6.29 Å². The Balaban J connectivity index is 0.000000237. The SMILES string of the molecule is C[C@@H]1CN(Cc2ccc(N3CCOCC3)cc2OC(F)(F)F)CCN1C(=O)OC(C)(C)C.C[C@@H]1CNCCN1C(=O)OC(C)(C)C.O=Cc1ccc(N2CCOCC2)cc1OC(F)(F)F. The summed E-state index contributed by atoms with van der Waals surface area (Å²) in [5.41, 5.74) is 0.598. The Morgan fingerprint density at radius 1 is 0.677 bits per heavy atom. The fourth-order valence-electron chi connectivity index (χ4n) is 7.21. The number of alkyl halides is 6. The average Bonchev–Trinajstić information content (AvgIpc) is 3.20. The molecule has 65 heavy (non-hydrogen) atoms. The molecule has 4 aliphatic heterocycles. The molecule has 15 nitrogen and oxygen atoms in total. The number of halogens is 6. The number of piperazine rings is 2. The van der Waals surface area contributed by atoms with Crippen molar-refractivity contribution in [3.05, 3.63) is 47.5 Å². The van der Waals surface area contributed by atoms with Gasteiger partial charge in [0.2, 0.25) is 0 Å². The van der Waals surface area contributed by atoms with E-state index in [-0.39, 0.29) is 35.6 Å². The highest BCUT2D eigenvalue weighted by Gasteiger charge is 2.35. The van der Waals surface area contributed by atoms with E-state index in [1.807, 2.05) is 76.2 Å². The first kappa shape index (κ1) is 52.9. The van der Waals surface area contributed by atoms with Gasteiger partial charge in [0.25, 0.3) is 0 Å². The number of morpholine rings is 2. The first-order chi connectivity index (χ1) is 30.3. The third-order valence-electron chi connectivity index (χ3n) is 10.2. The lowest BCUT2D eigenvalue weighted by Gasteiger charge is -2.40. The van der Waals surface area contributed by atoms with Crippen LogP contribution in [0.3, 0.4) is 0 Å². The minimum absolute atomic E-state index is 0.127. The molecular weight excluding hydrogens is 871 g/mol. The Morgan fingerprint density at radius 2 is 1.15 bits per heavy atom. The molecule has 4 aliphatic rings. The van der Waals surface area contributed by atoms with Gasteiger partial charge in [-0.1, -0.05) is 6.07 Å². The molecule has 0 spiro atoms. The standard InChI is InChI=1S/C22H32F3N3O4.C12H12F3NO3.C10H20N2O2/c1-16-14-26(7-8-28(16)20(29)32-21(2,3)4)15-17-5-6-18(27-9-11-30-12-10-27)13-19(17)31-22(23,24)25;13-12(14,15)19-11-7-10(2-1-9(11)8-17)16-3-5-18-6-4-16;1-8-7-11-5-6-12(8)9(13)14-10(2,3)4/h5-6,13,16H,7-12,14-15H2,1-4H3;1-2,7-8H,3-6H2;8,11H,5-7H2,1-4H3/t16-;;8-/m1.1/s1. The van der Waals surface area contributed by atoms with Crippen molar-refractivity contribution in [3.8, 4) is 11.5 Å². The second-order valence-electron chi connectivity index (χ2n) is 17.9. The smallest absolute Gasteiger partial charge is 0.444 e. The zero-order valence-corrected chi connectivity index (χ0v) is 38.5. The van der Waals surface area contributed by atoms with Gasteiger partial charge in [-0.15, -0.1) is 26.3 Å². The lowest BCUT2D eigenvalue weighted by molar-refractivity contribution is -0.275. The summed E-state index contributed by atoms with van der Waals surface area (Å²) in [5, 5.41) is 3.23. The quantitative estimate of drug-likeness (QED) is 0.220. The predicted molar refractivity (Wildman–Crippen MR) is 231 cm³/mol. The maximum atomic E-state index is 13.1. The summed E-state index contributed by atoms with van der Waals surface area (Å²) < 4.78 is 106. The number of nitrogens with zero attached hydrogens (tertiary/aromatic N) is 5. The van der Waals surface area contributed by atoms with Crippen LogP contribution in [0.5, 0.6) is 11.5 Å². The zero-order valence-electron chi connectivity index (χ0n) is 38.5. The van der Waals surface area contributed by atoms with Gasteiger partial charge in [-0.25, -0.2) is 9.59 Å². The molecule has 0 unspecified atom stereocenters. The summed E-state index contributed by atoms with van der Waals surface area (Å²) in [6.07, 6.45) is -9.83. The number of benzene rings is 2. The van der Waals surface area contributed by atoms with Crippen LogP contribution < -0.4 is 24.6 Å². The Hall–Kier alpha value is -4.73. The van der Waals surface area contributed by atoms with Crippen molar-refractivity contribution in [1.82, 2.24) is 20.0 Å². The highest BCUT2D eigenvalue weighted by atomic mass is 19.4. The number of nitrogens with one attached hydrogen (secondary N) is 1. The molecule has 0 bridgehead atoms. The third-order valence-corrected chi connectivity index (χ3v) is 10.2. The Labute approximate surface area is 377 Å². The molecule has 6 rings (SSSR count). The summed E-state index contributed by atoms with van der Waals surface area (Å²) in [5.74, 6) is -0.671. The molecule has 2 amide bonds. The van der Waals surface area contributed by atoms with Crippen LogP contribution in [0.1, 0.15) is 71.3 Å². The van der Waals surface area contributed by atoms with Crippen molar-refractivity contribution in [2.24, 2.45) is 0 Å². The molecular formula is C44H64F6N6O9. The molecule has 4 fully saturated rings. The van der Waals surface area contributed by atoms with E-state index in [9.17, 15) is 40.7 Å². The number of amides is 2. The largest absolute Gasteiger partial charge is 0.573 e. The van der Waals surface area contributed by atoms with Gasteiger partial charge in [0.05, 0.1) is 32.0 Å². The van der Waals surface area contributed by atoms with E-state index in [0.29, 0.717) is 102 Å². The Morgan fingerprint density at radius 3 is 1.62 bits per heavy atom. The van der Waals surface area contributed by atoms with Gasteiger partial charge in [0.1, 0.15) is 22.7 Å². The van der Waals surface area contributed by atoms with E-state index in [1.165, 1.54) is 18.2 Å². The molecule has 2 aromatic carbocycles. The van der Waals surface area contributed by atoms with Crippen LogP contribution in [0.25, 0.3) is 0 Å². The van der Waals surface area contributed by atoms with Gasteiger partial charge in [-0.05, 0) is 73.6 Å². The number of hydrogen-bond donors (Lipinski definition) is 1. The summed E-state index contributed by atoms with van der Waals surface area (Å²) in [4.78, 5) is 44.2. The number of ether oxygens (including phenoxy) is 6. The number of hydrogen-bond acceptors (Lipinski definition) is 13. The average molecular weight is 935 g/mol. The van der Waals surface area contributed by atoms with E-state index in [0.717, 1.165) is 19.6 Å². The molecule has 21 heteroatoms. The molecule has 366 valence electrons. The second-order valence-corrected chi connectivity index (χ2v) is 17.9. The van der Waals surface area contributed by atoms with Crippen molar-refractivity contribution in [1.29, 1.82) is 0 Å². The van der Waals surface area contributed by atoms with Gasteiger partial charge < -0.3 is 53.3 Å². The minimum Gasteiger partial charge on any atom is -0.444 e. The molecule has 1 N–H and O–H groups in total. The fourth-order valence-corrected chi connectivity index (χ4v) is 7.21. The first-order valence-electron chi connectivity index (χ1n) is 21.6. The molecule has 0 saturated carbocycles. The zero-order chi connectivity index (χ0) is 48.2. The van der Waals surface area contributed by atoms with E-state index >= 15 is 0 Å². The Kier molecular flexibility index (Phi) is 18.8. The van der Waals surface area contributed by atoms with Gasteiger partial charge >= 0.3 is 24.9 Å². The molecule has 0 radical (unpaired) electrons. The van der Waals surface area contributed by atoms with Crippen LogP contribution in [0.4, 0.5) is 47.3 Å². The van der Waals surface area contributed by atoms with Crippen LogP contribution in [0.2, 0.25) is 0 Å². The van der Waals surface area contributed by atoms with Gasteiger partial charge in [0, 0.05) is 113 Å². The lowest BCUT2D eigenvalue weighted by atomic mass is 10.1. The van der Waals surface area contributed by atoms with E-state index in [2.05, 4.69) is 14.8 Å². The van der Waals surface area contributed by atoms with Crippen molar-refractivity contribution in [3.63, 3.8) is 0 Å². The van der Waals surface area contributed by atoms with Crippen LogP contribution in [-0.2, 0) is 25.5 Å².